The van der Waals surface area contributed by atoms with Crippen LogP contribution in [0, 0.1) is 10.1 Å². The Morgan fingerprint density at radius 1 is 1.30 bits per heavy atom. The van der Waals surface area contributed by atoms with Crippen molar-refractivity contribution in [2.75, 3.05) is 11.9 Å². The number of halogens is 1. The molecule has 0 amide bonds. The van der Waals surface area contributed by atoms with Crippen molar-refractivity contribution in [1.82, 2.24) is 4.98 Å². The van der Waals surface area contributed by atoms with Gasteiger partial charge in [0.1, 0.15) is 5.15 Å². The van der Waals surface area contributed by atoms with Crippen LogP contribution in [0.25, 0.3) is 0 Å². The maximum atomic E-state index is 11.4. The number of ether oxygens (including phenoxy) is 1. The predicted molar refractivity (Wildman–Crippen MR) is 86.0 cm³/mol. The normalized spacial score (nSPS) is 10.2. The highest BCUT2D eigenvalue weighted by Crippen LogP contribution is 2.27. The van der Waals surface area contributed by atoms with Crippen molar-refractivity contribution in [1.29, 1.82) is 0 Å². The SMILES string of the molecule is CCOC(=O)Cc1ccc(Nc2nc(Cl)ccc2[N+](=O)[O-])cc1. The third-order valence-electron chi connectivity index (χ3n) is 2.91. The average Bonchev–Trinajstić information content (AvgIpc) is 2.49. The second-order valence-electron chi connectivity index (χ2n) is 4.56. The highest BCUT2D eigenvalue weighted by Gasteiger charge is 2.16. The smallest absolute Gasteiger partial charge is 0.311 e. The summed E-state index contributed by atoms with van der Waals surface area (Å²) in [5.74, 6) is -0.249. The lowest BCUT2D eigenvalue weighted by Crippen LogP contribution is -2.07. The van der Waals surface area contributed by atoms with E-state index in [-0.39, 0.29) is 29.0 Å². The molecule has 0 bridgehead atoms. The lowest BCUT2D eigenvalue weighted by Gasteiger charge is -2.07. The lowest BCUT2D eigenvalue weighted by molar-refractivity contribution is -0.384. The molecule has 1 heterocycles. The maximum absolute atomic E-state index is 11.4. The van der Waals surface area contributed by atoms with E-state index in [9.17, 15) is 14.9 Å². The van der Waals surface area contributed by atoms with Crippen molar-refractivity contribution in [3.63, 3.8) is 0 Å². The summed E-state index contributed by atoms with van der Waals surface area (Å²) >= 11 is 5.77. The molecule has 0 aliphatic carbocycles. The van der Waals surface area contributed by atoms with E-state index in [0.717, 1.165) is 5.56 Å². The van der Waals surface area contributed by atoms with Gasteiger partial charge in [0.25, 0.3) is 0 Å². The maximum Gasteiger partial charge on any atom is 0.311 e. The lowest BCUT2D eigenvalue weighted by atomic mass is 10.1. The van der Waals surface area contributed by atoms with E-state index >= 15 is 0 Å². The Bertz CT molecular complexity index is 719. The van der Waals surface area contributed by atoms with Crippen molar-refractivity contribution in [3.8, 4) is 0 Å². The summed E-state index contributed by atoms with van der Waals surface area (Å²) in [5, 5.41) is 14.0. The van der Waals surface area contributed by atoms with E-state index in [1.807, 2.05) is 0 Å². The highest BCUT2D eigenvalue weighted by atomic mass is 35.5. The first kappa shape index (κ1) is 16.7. The number of nitrogens with zero attached hydrogens (tertiary/aromatic N) is 2. The van der Waals surface area contributed by atoms with Gasteiger partial charge in [-0.2, -0.15) is 0 Å². The molecule has 0 radical (unpaired) electrons. The van der Waals surface area contributed by atoms with Crippen molar-refractivity contribution < 1.29 is 14.5 Å². The zero-order valence-corrected chi connectivity index (χ0v) is 13.0. The first-order valence-electron chi connectivity index (χ1n) is 6.82. The Morgan fingerprint density at radius 3 is 2.61 bits per heavy atom. The van der Waals surface area contributed by atoms with Gasteiger partial charge in [0.05, 0.1) is 18.0 Å². The van der Waals surface area contributed by atoms with Crippen molar-refractivity contribution >= 4 is 34.8 Å². The zero-order chi connectivity index (χ0) is 16.8. The van der Waals surface area contributed by atoms with Crippen LogP contribution in [0.15, 0.2) is 36.4 Å². The third-order valence-corrected chi connectivity index (χ3v) is 3.12. The molecule has 8 heteroatoms. The number of anilines is 2. The molecular weight excluding hydrogens is 322 g/mol. The summed E-state index contributed by atoms with van der Waals surface area (Å²) in [5.41, 5.74) is 1.20. The minimum Gasteiger partial charge on any atom is -0.466 e. The fourth-order valence-electron chi connectivity index (χ4n) is 1.89. The van der Waals surface area contributed by atoms with Crippen LogP contribution in [0.3, 0.4) is 0 Å². The molecule has 0 saturated carbocycles. The van der Waals surface area contributed by atoms with Gasteiger partial charge in [-0.25, -0.2) is 4.98 Å². The largest absolute Gasteiger partial charge is 0.466 e. The van der Waals surface area contributed by atoms with E-state index in [1.54, 1.807) is 31.2 Å². The van der Waals surface area contributed by atoms with E-state index in [2.05, 4.69) is 10.3 Å². The second-order valence-corrected chi connectivity index (χ2v) is 4.95. The van der Waals surface area contributed by atoms with Crippen LogP contribution in [-0.4, -0.2) is 22.5 Å². The minimum atomic E-state index is -0.541. The third kappa shape index (κ3) is 4.65. The number of hydrogen-bond donors (Lipinski definition) is 1. The van der Waals surface area contributed by atoms with Crippen LogP contribution in [0.4, 0.5) is 17.2 Å². The average molecular weight is 336 g/mol. The molecule has 1 N–H and O–H groups in total. The van der Waals surface area contributed by atoms with Gasteiger partial charge in [-0.1, -0.05) is 23.7 Å². The molecule has 0 aliphatic heterocycles. The van der Waals surface area contributed by atoms with E-state index in [4.69, 9.17) is 16.3 Å². The molecule has 1 aromatic carbocycles. The number of hydrogen-bond acceptors (Lipinski definition) is 6. The van der Waals surface area contributed by atoms with Crippen LogP contribution in [0.2, 0.25) is 5.15 Å². The summed E-state index contributed by atoms with van der Waals surface area (Å²) in [6.07, 6.45) is 0.170. The number of nitro groups is 1. The molecule has 23 heavy (non-hydrogen) atoms. The van der Waals surface area contributed by atoms with Crippen molar-refractivity contribution in [2.24, 2.45) is 0 Å². The first-order valence-corrected chi connectivity index (χ1v) is 7.20. The fraction of sp³-hybridized carbons (Fsp3) is 0.200. The molecule has 0 atom stereocenters. The monoisotopic (exact) mass is 335 g/mol. The number of nitrogens with one attached hydrogen (secondary N) is 1. The van der Waals surface area contributed by atoms with Crippen LogP contribution in [-0.2, 0) is 16.0 Å². The number of rotatable bonds is 6. The number of pyridine rings is 1. The Hall–Kier alpha value is -2.67. The quantitative estimate of drug-likeness (QED) is 0.376. The fourth-order valence-corrected chi connectivity index (χ4v) is 2.04. The summed E-state index contributed by atoms with van der Waals surface area (Å²) in [6, 6.07) is 9.49. The van der Waals surface area contributed by atoms with Gasteiger partial charge in [0.15, 0.2) is 0 Å². The van der Waals surface area contributed by atoms with E-state index in [0.29, 0.717) is 12.3 Å². The Morgan fingerprint density at radius 2 is 2.00 bits per heavy atom. The van der Waals surface area contributed by atoms with Crippen LogP contribution < -0.4 is 5.32 Å². The minimum absolute atomic E-state index is 0.0562. The van der Waals surface area contributed by atoms with Crippen LogP contribution in [0.1, 0.15) is 12.5 Å². The molecule has 7 nitrogen and oxygen atoms in total. The Labute approximate surface area is 137 Å². The molecule has 2 aromatic rings. The Balaban J connectivity index is 2.14. The number of carbonyl (C=O) groups excluding carboxylic acids is 1. The van der Waals surface area contributed by atoms with E-state index < -0.39 is 4.92 Å². The van der Waals surface area contributed by atoms with Crippen molar-refractivity contribution in [2.45, 2.75) is 13.3 Å². The number of esters is 1. The summed E-state index contributed by atoms with van der Waals surface area (Å²) < 4.78 is 4.87. The van der Waals surface area contributed by atoms with Gasteiger partial charge < -0.3 is 10.1 Å². The molecular formula is C15H14ClN3O4. The van der Waals surface area contributed by atoms with Gasteiger partial charge in [-0.15, -0.1) is 0 Å². The Kier molecular flexibility index (Phi) is 5.48. The standard InChI is InChI=1S/C15H14ClN3O4/c1-2-23-14(20)9-10-3-5-11(6-4-10)17-15-12(19(21)22)7-8-13(16)18-15/h3-8H,2,9H2,1H3,(H,17,18). The summed E-state index contributed by atoms with van der Waals surface area (Å²) in [4.78, 5) is 25.8. The molecule has 0 aliphatic rings. The van der Waals surface area contributed by atoms with Crippen LogP contribution in [0.5, 0.6) is 0 Å². The van der Waals surface area contributed by atoms with Crippen molar-refractivity contribution in [3.05, 3.63) is 57.2 Å². The van der Waals surface area contributed by atoms with Gasteiger partial charge in [0.2, 0.25) is 5.82 Å². The second kappa shape index (κ2) is 7.55. The summed E-state index contributed by atoms with van der Waals surface area (Å²) in [7, 11) is 0. The molecule has 0 unspecified atom stereocenters. The topological polar surface area (TPSA) is 94.4 Å². The first-order chi connectivity index (χ1) is 11.0. The zero-order valence-electron chi connectivity index (χ0n) is 12.3. The van der Waals surface area contributed by atoms with Gasteiger partial charge in [-0.3, -0.25) is 14.9 Å². The van der Waals surface area contributed by atoms with Gasteiger partial charge in [0, 0.05) is 11.8 Å². The van der Waals surface area contributed by atoms with Gasteiger partial charge in [-0.05, 0) is 30.7 Å². The summed E-state index contributed by atoms with van der Waals surface area (Å²) in [6.45, 7) is 2.08. The molecule has 0 fully saturated rings. The predicted octanol–water partition coefficient (Wildman–Crippen LogP) is 3.49. The molecule has 120 valence electrons. The number of carbonyl (C=O) groups is 1. The van der Waals surface area contributed by atoms with Crippen LogP contribution >= 0.6 is 11.6 Å². The van der Waals surface area contributed by atoms with Gasteiger partial charge >= 0.3 is 11.7 Å². The number of aromatic nitrogens is 1. The number of benzene rings is 1. The molecule has 1 aromatic heterocycles. The highest BCUT2D eigenvalue weighted by molar-refractivity contribution is 6.29. The molecule has 0 spiro atoms. The molecule has 0 saturated heterocycles. The molecule has 2 rings (SSSR count). The van der Waals surface area contributed by atoms with E-state index in [1.165, 1.54) is 12.1 Å².